The van der Waals surface area contributed by atoms with Crippen LogP contribution >= 0.6 is 45.9 Å². The Hall–Kier alpha value is -2.19. The van der Waals surface area contributed by atoms with Crippen molar-refractivity contribution in [3.05, 3.63) is 74.0 Å². The molecule has 0 unspecified atom stereocenters. The fourth-order valence-electron chi connectivity index (χ4n) is 2.63. The van der Waals surface area contributed by atoms with E-state index in [4.69, 9.17) is 23.2 Å². The second-order valence-electron chi connectivity index (χ2n) is 5.99. The molecule has 0 aliphatic carbocycles. The number of thiophene rings is 1. The number of halogens is 2. The zero-order valence-corrected chi connectivity index (χ0v) is 17.6. The predicted octanol–water partition coefficient (Wildman–Crippen LogP) is 5.60. The van der Waals surface area contributed by atoms with Crippen molar-refractivity contribution >= 4 is 57.6 Å². The molecule has 1 amide bonds. The van der Waals surface area contributed by atoms with Gasteiger partial charge in [0.2, 0.25) is 5.91 Å². The minimum Gasteiger partial charge on any atom is -0.311 e. The normalized spacial score (nSPS) is 10.9. The van der Waals surface area contributed by atoms with Crippen molar-refractivity contribution in [3.63, 3.8) is 0 Å². The van der Waals surface area contributed by atoms with Crippen LogP contribution in [-0.2, 0) is 17.8 Å². The van der Waals surface area contributed by atoms with Gasteiger partial charge in [-0.1, -0.05) is 29.3 Å². The van der Waals surface area contributed by atoms with Crippen molar-refractivity contribution in [2.75, 3.05) is 5.32 Å². The molecule has 3 heterocycles. The van der Waals surface area contributed by atoms with E-state index in [1.54, 1.807) is 40.4 Å². The Bertz CT molecular complexity index is 1110. The van der Waals surface area contributed by atoms with Gasteiger partial charge in [0.25, 0.3) is 0 Å². The van der Waals surface area contributed by atoms with Crippen LogP contribution in [0.1, 0.15) is 11.3 Å². The summed E-state index contributed by atoms with van der Waals surface area (Å²) in [5.74, 6) is 0.454. The highest BCUT2D eigenvalue weighted by Crippen LogP contribution is 2.26. The summed E-state index contributed by atoms with van der Waals surface area (Å²) in [6.45, 7) is 0.428. The van der Waals surface area contributed by atoms with Crippen molar-refractivity contribution < 1.29 is 4.79 Å². The zero-order chi connectivity index (χ0) is 19.5. The summed E-state index contributed by atoms with van der Waals surface area (Å²) in [6, 6.07) is 9.08. The van der Waals surface area contributed by atoms with Crippen molar-refractivity contribution in [1.29, 1.82) is 0 Å². The van der Waals surface area contributed by atoms with Gasteiger partial charge in [-0.15, -0.1) is 11.3 Å². The molecule has 5 nitrogen and oxygen atoms in total. The first-order chi connectivity index (χ1) is 13.6. The minimum atomic E-state index is -0.147. The number of aromatic nitrogens is 3. The van der Waals surface area contributed by atoms with E-state index >= 15 is 0 Å². The third-order valence-electron chi connectivity index (χ3n) is 3.98. The summed E-state index contributed by atoms with van der Waals surface area (Å²) in [6.07, 6.45) is 1.84. The van der Waals surface area contributed by atoms with Gasteiger partial charge < -0.3 is 5.32 Å². The van der Waals surface area contributed by atoms with E-state index in [0.29, 0.717) is 22.4 Å². The van der Waals surface area contributed by atoms with Crippen LogP contribution in [-0.4, -0.2) is 20.7 Å². The molecule has 28 heavy (non-hydrogen) atoms. The molecule has 142 valence electrons. The number of rotatable bonds is 6. The molecule has 0 radical (unpaired) electrons. The van der Waals surface area contributed by atoms with Gasteiger partial charge in [-0.25, -0.2) is 9.67 Å². The molecule has 0 aliphatic heterocycles. The molecule has 0 bridgehead atoms. The topological polar surface area (TPSA) is 59.8 Å². The van der Waals surface area contributed by atoms with Crippen LogP contribution in [0.15, 0.2) is 52.7 Å². The molecule has 0 saturated heterocycles. The average molecular weight is 449 g/mol. The van der Waals surface area contributed by atoms with Crippen molar-refractivity contribution in [2.24, 2.45) is 0 Å². The van der Waals surface area contributed by atoms with Crippen LogP contribution in [0.3, 0.4) is 0 Å². The maximum atomic E-state index is 12.5. The number of nitrogens with one attached hydrogen (secondary N) is 1. The van der Waals surface area contributed by atoms with Crippen LogP contribution in [0.2, 0.25) is 10.0 Å². The maximum absolute atomic E-state index is 12.5. The standard InChI is InChI=1S/C19H14Cl2N4OS2/c20-14-2-1-12(16(21)7-14)9-25-17(3-5-22-25)24-18(26)8-15-11-28-19(23-15)13-4-6-27-10-13/h1-7,10-11H,8-9H2,(H,24,26). The first-order valence-electron chi connectivity index (χ1n) is 8.31. The summed E-state index contributed by atoms with van der Waals surface area (Å²) < 4.78 is 1.69. The lowest BCUT2D eigenvalue weighted by Crippen LogP contribution is -2.18. The van der Waals surface area contributed by atoms with Crippen LogP contribution in [0.4, 0.5) is 5.82 Å². The Morgan fingerprint density at radius 1 is 1.18 bits per heavy atom. The smallest absolute Gasteiger partial charge is 0.231 e. The Balaban J connectivity index is 1.42. The first-order valence-corrected chi connectivity index (χ1v) is 10.9. The minimum absolute atomic E-state index is 0.147. The van der Waals surface area contributed by atoms with Crippen LogP contribution in [0, 0.1) is 0 Å². The predicted molar refractivity (Wildman–Crippen MR) is 116 cm³/mol. The number of amides is 1. The van der Waals surface area contributed by atoms with Crippen LogP contribution in [0.25, 0.3) is 10.6 Å². The molecule has 0 spiro atoms. The molecule has 4 aromatic rings. The average Bonchev–Trinajstić information content (AvgIpc) is 3.40. The Morgan fingerprint density at radius 2 is 2.07 bits per heavy atom. The van der Waals surface area contributed by atoms with Crippen molar-refractivity contribution in [2.45, 2.75) is 13.0 Å². The van der Waals surface area contributed by atoms with E-state index in [2.05, 4.69) is 15.4 Å². The Kier molecular flexibility index (Phi) is 5.77. The number of carbonyl (C=O) groups is 1. The highest BCUT2D eigenvalue weighted by molar-refractivity contribution is 7.14. The maximum Gasteiger partial charge on any atom is 0.231 e. The van der Waals surface area contributed by atoms with Gasteiger partial charge in [-0.2, -0.15) is 16.4 Å². The van der Waals surface area contributed by atoms with Crippen molar-refractivity contribution in [1.82, 2.24) is 14.8 Å². The van der Waals surface area contributed by atoms with E-state index in [0.717, 1.165) is 21.8 Å². The van der Waals surface area contributed by atoms with Gasteiger partial charge in [0, 0.05) is 32.4 Å². The summed E-state index contributed by atoms with van der Waals surface area (Å²) >= 11 is 15.3. The number of hydrogen-bond donors (Lipinski definition) is 1. The molecule has 0 aliphatic rings. The molecule has 0 saturated carbocycles. The third kappa shape index (κ3) is 4.44. The van der Waals surface area contributed by atoms with Gasteiger partial charge >= 0.3 is 0 Å². The molecule has 3 aromatic heterocycles. The fraction of sp³-hybridized carbons (Fsp3) is 0.105. The number of anilines is 1. The molecule has 4 rings (SSSR count). The number of hydrogen-bond acceptors (Lipinski definition) is 5. The number of carbonyl (C=O) groups excluding carboxylic acids is 1. The van der Waals surface area contributed by atoms with E-state index < -0.39 is 0 Å². The summed E-state index contributed by atoms with van der Waals surface area (Å²) in [7, 11) is 0. The monoisotopic (exact) mass is 448 g/mol. The molecular weight excluding hydrogens is 435 g/mol. The highest BCUT2D eigenvalue weighted by atomic mass is 35.5. The zero-order valence-electron chi connectivity index (χ0n) is 14.4. The van der Waals surface area contributed by atoms with E-state index in [9.17, 15) is 4.79 Å². The third-order valence-corrected chi connectivity index (χ3v) is 6.19. The largest absolute Gasteiger partial charge is 0.311 e. The Morgan fingerprint density at radius 3 is 2.86 bits per heavy atom. The van der Waals surface area contributed by atoms with Crippen LogP contribution < -0.4 is 5.32 Å². The molecule has 0 atom stereocenters. The second-order valence-corrected chi connectivity index (χ2v) is 8.47. The lowest BCUT2D eigenvalue weighted by molar-refractivity contribution is -0.115. The molecular formula is C19H14Cl2N4OS2. The van der Waals surface area contributed by atoms with Crippen LogP contribution in [0.5, 0.6) is 0 Å². The fourth-order valence-corrected chi connectivity index (χ4v) is 4.63. The van der Waals surface area contributed by atoms with E-state index in [1.165, 1.54) is 11.3 Å². The number of nitrogens with zero attached hydrogens (tertiary/aromatic N) is 3. The van der Waals surface area contributed by atoms with Crippen molar-refractivity contribution in [3.8, 4) is 10.6 Å². The van der Waals surface area contributed by atoms with E-state index in [-0.39, 0.29) is 12.3 Å². The first kappa shape index (κ1) is 19.1. The van der Waals surface area contributed by atoms with Gasteiger partial charge in [-0.05, 0) is 29.1 Å². The molecule has 0 fully saturated rings. The molecule has 9 heteroatoms. The molecule has 1 aromatic carbocycles. The van der Waals surface area contributed by atoms with Gasteiger partial charge in [0.15, 0.2) is 0 Å². The van der Waals surface area contributed by atoms with Gasteiger partial charge in [0.1, 0.15) is 10.8 Å². The lowest BCUT2D eigenvalue weighted by atomic mass is 10.2. The number of benzene rings is 1. The lowest BCUT2D eigenvalue weighted by Gasteiger charge is -2.10. The number of thiazole rings is 1. The quantitative estimate of drug-likeness (QED) is 0.417. The summed E-state index contributed by atoms with van der Waals surface area (Å²) in [4.78, 5) is 17.0. The van der Waals surface area contributed by atoms with E-state index in [1.807, 2.05) is 28.3 Å². The summed E-state index contributed by atoms with van der Waals surface area (Å²) in [5, 5.41) is 15.2. The van der Waals surface area contributed by atoms with Gasteiger partial charge in [0.05, 0.1) is 24.9 Å². The SMILES string of the molecule is O=C(Cc1csc(-c2ccsc2)n1)Nc1ccnn1Cc1ccc(Cl)cc1Cl. The highest BCUT2D eigenvalue weighted by Gasteiger charge is 2.13. The summed E-state index contributed by atoms with van der Waals surface area (Å²) in [5.41, 5.74) is 2.69. The Labute approximate surface area is 179 Å². The molecule has 1 N–H and O–H groups in total. The van der Waals surface area contributed by atoms with Gasteiger partial charge in [-0.3, -0.25) is 4.79 Å². The second kappa shape index (κ2) is 8.45.